The van der Waals surface area contributed by atoms with Gasteiger partial charge in [0.1, 0.15) is 17.3 Å². The lowest BCUT2D eigenvalue weighted by Crippen LogP contribution is -2.52. The number of benzene rings is 3. The Balaban J connectivity index is 1.83. The van der Waals surface area contributed by atoms with Crippen LogP contribution in [0.25, 0.3) is 0 Å². The first-order valence-electron chi connectivity index (χ1n) is 12.9. The van der Waals surface area contributed by atoms with Crippen LogP contribution in [0.4, 0.5) is 4.39 Å². The van der Waals surface area contributed by atoms with Gasteiger partial charge in [0.15, 0.2) is 11.6 Å². The number of hydrogen-bond acceptors (Lipinski definition) is 7. The summed E-state index contributed by atoms with van der Waals surface area (Å²) in [5.74, 6) is -4.05. The molecular weight excluding hydrogens is 535 g/mol. The van der Waals surface area contributed by atoms with E-state index < -0.39 is 33.6 Å². The van der Waals surface area contributed by atoms with Crippen LogP contribution in [0.15, 0.2) is 66.7 Å². The van der Waals surface area contributed by atoms with Gasteiger partial charge in [-0.2, -0.15) is 0 Å². The number of aromatic hydroxyl groups is 2. The number of rotatable bonds is 9. The predicted molar refractivity (Wildman–Crippen MR) is 150 cm³/mol. The van der Waals surface area contributed by atoms with E-state index in [-0.39, 0.29) is 65.9 Å². The number of halogens is 1. The molecule has 2 atom stereocenters. The molecule has 1 aliphatic rings. The molecule has 0 aliphatic carbocycles. The number of nitrogens with zero attached hydrogens (tertiary/aromatic N) is 2. The van der Waals surface area contributed by atoms with Gasteiger partial charge < -0.3 is 15.1 Å². The smallest absolute Gasteiger partial charge is 0.210 e. The van der Waals surface area contributed by atoms with Gasteiger partial charge in [0.05, 0.1) is 6.26 Å². The van der Waals surface area contributed by atoms with Crippen molar-refractivity contribution in [2.24, 2.45) is 11.8 Å². The second-order valence-corrected chi connectivity index (χ2v) is 12.5. The van der Waals surface area contributed by atoms with Gasteiger partial charge in [-0.1, -0.05) is 42.5 Å². The summed E-state index contributed by atoms with van der Waals surface area (Å²) in [4.78, 5) is 29.9. The third kappa shape index (κ3) is 6.41. The summed E-state index contributed by atoms with van der Waals surface area (Å²) >= 11 is 0. The zero-order valence-electron chi connectivity index (χ0n) is 22.6. The molecule has 2 N–H and O–H groups in total. The SMILES string of the molecule is Cc1cccc(C2[C@@H](C(=O)c3cccc(O)c3)CN(CCN(C)S(C)(=O)=O)C[C@@H]2C(=O)c2cccc(O)c2)c1F. The molecule has 1 saturated heterocycles. The molecule has 0 bridgehead atoms. The zero-order chi connectivity index (χ0) is 29.2. The fraction of sp³-hybridized carbons (Fsp3) is 0.333. The number of aryl methyl sites for hydroxylation is 1. The molecule has 0 amide bonds. The molecular formula is C30H33FN2O6S. The second-order valence-electron chi connectivity index (χ2n) is 10.4. The van der Waals surface area contributed by atoms with Gasteiger partial charge in [-0.25, -0.2) is 17.1 Å². The molecule has 0 unspecified atom stereocenters. The van der Waals surface area contributed by atoms with Crippen LogP contribution in [0.2, 0.25) is 0 Å². The Morgan fingerprint density at radius 2 is 1.43 bits per heavy atom. The summed E-state index contributed by atoms with van der Waals surface area (Å²) in [5.41, 5.74) is 1.06. The largest absolute Gasteiger partial charge is 0.508 e. The van der Waals surface area contributed by atoms with Crippen molar-refractivity contribution >= 4 is 21.6 Å². The van der Waals surface area contributed by atoms with E-state index in [4.69, 9.17) is 0 Å². The third-order valence-corrected chi connectivity index (χ3v) is 8.90. The highest BCUT2D eigenvalue weighted by atomic mass is 32.2. The van der Waals surface area contributed by atoms with Crippen molar-refractivity contribution in [3.63, 3.8) is 0 Å². The third-order valence-electron chi connectivity index (χ3n) is 7.59. The van der Waals surface area contributed by atoms with Crippen LogP contribution in [0, 0.1) is 24.6 Å². The van der Waals surface area contributed by atoms with Crippen LogP contribution in [-0.2, 0) is 10.0 Å². The standard InChI is InChI=1S/C30H33FN2O6S/c1-19-7-4-12-24(28(19)31)27-25(29(36)20-8-5-10-22(34)15-20)17-33(14-13-32(2)40(3,38)39)18-26(27)30(37)21-9-6-11-23(35)16-21/h4-12,15-16,25-27,34-35H,13-14,17-18H2,1-3H3/t25-,26-/m0/s1. The number of ketones is 2. The Bertz CT molecular complexity index is 1460. The fourth-order valence-electron chi connectivity index (χ4n) is 5.37. The number of sulfonamides is 1. The highest BCUT2D eigenvalue weighted by Gasteiger charge is 2.46. The van der Waals surface area contributed by atoms with Crippen molar-refractivity contribution in [2.45, 2.75) is 12.8 Å². The van der Waals surface area contributed by atoms with Gasteiger partial charge in [-0.15, -0.1) is 0 Å². The summed E-state index contributed by atoms with van der Waals surface area (Å²) in [7, 11) is -2.00. The van der Waals surface area contributed by atoms with E-state index in [1.807, 2.05) is 4.90 Å². The first-order valence-corrected chi connectivity index (χ1v) is 14.8. The molecule has 212 valence electrons. The van der Waals surface area contributed by atoms with Gasteiger partial charge in [0, 0.05) is 62.1 Å². The van der Waals surface area contributed by atoms with Crippen molar-refractivity contribution < 1.29 is 32.6 Å². The number of Topliss-reactive ketones (excluding diaryl/α,β-unsaturated/α-hetero) is 2. The summed E-state index contributed by atoms with van der Waals surface area (Å²) in [6, 6.07) is 16.7. The van der Waals surface area contributed by atoms with Crippen molar-refractivity contribution in [1.29, 1.82) is 0 Å². The van der Waals surface area contributed by atoms with E-state index >= 15 is 4.39 Å². The minimum absolute atomic E-state index is 0.0982. The lowest BCUT2D eigenvalue weighted by Gasteiger charge is -2.43. The lowest BCUT2D eigenvalue weighted by atomic mass is 9.68. The maximum atomic E-state index is 15.7. The molecule has 1 aliphatic heterocycles. The lowest BCUT2D eigenvalue weighted by molar-refractivity contribution is 0.0561. The van der Waals surface area contributed by atoms with Crippen LogP contribution >= 0.6 is 0 Å². The second kappa shape index (κ2) is 11.9. The number of hydrogen-bond donors (Lipinski definition) is 2. The molecule has 8 nitrogen and oxygen atoms in total. The summed E-state index contributed by atoms with van der Waals surface area (Å²) in [6.07, 6.45) is 1.10. The molecule has 3 aromatic rings. The Labute approximate surface area is 233 Å². The molecule has 0 saturated carbocycles. The molecule has 1 heterocycles. The van der Waals surface area contributed by atoms with Gasteiger partial charge >= 0.3 is 0 Å². The maximum absolute atomic E-state index is 15.7. The van der Waals surface area contributed by atoms with Crippen LogP contribution in [-0.4, -0.2) is 78.9 Å². The highest BCUT2D eigenvalue weighted by Crippen LogP contribution is 2.42. The van der Waals surface area contributed by atoms with E-state index in [9.17, 15) is 28.2 Å². The van der Waals surface area contributed by atoms with E-state index in [0.717, 1.165) is 6.26 Å². The first-order chi connectivity index (χ1) is 18.9. The minimum Gasteiger partial charge on any atom is -0.508 e. The summed E-state index contributed by atoms with van der Waals surface area (Å²) in [6.45, 7) is 2.28. The van der Waals surface area contributed by atoms with Gasteiger partial charge in [-0.3, -0.25) is 9.59 Å². The number of phenolic OH excluding ortho intramolecular Hbond substituents is 2. The normalized spacial score (nSPS) is 18.6. The van der Waals surface area contributed by atoms with Gasteiger partial charge in [-0.05, 0) is 42.3 Å². The highest BCUT2D eigenvalue weighted by molar-refractivity contribution is 7.88. The van der Waals surface area contributed by atoms with E-state index in [2.05, 4.69) is 0 Å². The number of piperidine rings is 1. The number of likely N-dealkylation sites (tertiary alicyclic amines) is 1. The Morgan fingerprint density at radius 1 is 0.925 bits per heavy atom. The van der Waals surface area contributed by atoms with E-state index in [1.165, 1.54) is 35.6 Å². The molecule has 3 aromatic carbocycles. The van der Waals surface area contributed by atoms with E-state index in [0.29, 0.717) is 5.56 Å². The number of likely N-dealkylation sites (N-methyl/N-ethyl adjacent to an activating group) is 1. The van der Waals surface area contributed by atoms with Crippen molar-refractivity contribution in [3.05, 3.63) is 94.8 Å². The fourth-order valence-corrected chi connectivity index (χ4v) is 5.78. The van der Waals surface area contributed by atoms with Crippen LogP contribution < -0.4 is 0 Å². The monoisotopic (exact) mass is 568 g/mol. The number of carbonyl (C=O) groups is 2. The van der Waals surface area contributed by atoms with Crippen LogP contribution in [0.3, 0.4) is 0 Å². The quantitative estimate of drug-likeness (QED) is 0.377. The zero-order valence-corrected chi connectivity index (χ0v) is 23.4. The van der Waals surface area contributed by atoms with Crippen molar-refractivity contribution in [3.8, 4) is 11.5 Å². The predicted octanol–water partition coefficient (Wildman–Crippen LogP) is 3.83. The van der Waals surface area contributed by atoms with Crippen LogP contribution in [0.1, 0.15) is 37.8 Å². The molecule has 0 radical (unpaired) electrons. The molecule has 0 aromatic heterocycles. The molecule has 10 heteroatoms. The topological polar surface area (TPSA) is 115 Å². The van der Waals surface area contributed by atoms with E-state index in [1.54, 1.807) is 49.4 Å². The average Bonchev–Trinajstić information content (AvgIpc) is 2.91. The maximum Gasteiger partial charge on any atom is 0.210 e. The Hall–Kier alpha value is -3.60. The van der Waals surface area contributed by atoms with Gasteiger partial charge in [0.25, 0.3) is 0 Å². The Kier molecular flexibility index (Phi) is 8.72. The number of carbonyl (C=O) groups excluding carboxylic acids is 2. The van der Waals surface area contributed by atoms with Gasteiger partial charge in [0.2, 0.25) is 10.0 Å². The minimum atomic E-state index is -3.46. The Morgan fingerprint density at radius 3 is 1.90 bits per heavy atom. The molecule has 40 heavy (non-hydrogen) atoms. The summed E-state index contributed by atoms with van der Waals surface area (Å²) in [5, 5.41) is 20.1. The average molecular weight is 569 g/mol. The van der Waals surface area contributed by atoms with Crippen molar-refractivity contribution in [1.82, 2.24) is 9.21 Å². The molecule has 0 spiro atoms. The summed E-state index contributed by atoms with van der Waals surface area (Å²) < 4.78 is 40.9. The first kappa shape index (κ1) is 29.4. The van der Waals surface area contributed by atoms with Crippen molar-refractivity contribution in [2.75, 3.05) is 39.5 Å². The molecule has 1 fully saturated rings. The molecule has 4 rings (SSSR count). The number of phenols is 2. The van der Waals surface area contributed by atoms with Crippen LogP contribution in [0.5, 0.6) is 11.5 Å².